The molecule has 0 radical (unpaired) electrons. The van der Waals surface area contributed by atoms with E-state index in [0.717, 1.165) is 165 Å². The van der Waals surface area contributed by atoms with E-state index in [-0.39, 0.29) is 0 Å². The van der Waals surface area contributed by atoms with E-state index in [1.165, 1.54) is 20.5 Å². The second kappa shape index (κ2) is 30.8. The molecule has 552 valence electrons. The topological polar surface area (TPSA) is 155 Å². The van der Waals surface area contributed by atoms with Gasteiger partial charge in [-0.15, -0.1) is 32.9 Å². The summed E-state index contributed by atoms with van der Waals surface area (Å²) < 4.78 is 3.38. The van der Waals surface area contributed by atoms with Gasteiger partial charge in [0.1, 0.15) is 27.7 Å². The quantitative estimate of drug-likeness (QED) is 0.102. The molecule has 22 aromatic rings. The van der Waals surface area contributed by atoms with Crippen LogP contribution in [0.2, 0.25) is 0 Å². The van der Waals surface area contributed by atoms with Gasteiger partial charge in [0.2, 0.25) is 0 Å². The van der Waals surface area contributed by atoms with Gasteiger partial charge in [0.25, 0.3) is 0 Å². The molecule has 0 unspecified atom stereocenters. The van der Waals surface area contributed by atoms with Crippen LogP contribution in [0, 0.1) is 0 Å². The van der Waals surface area contributed by atoms with Gasteiger partial charge in [0.05, 0.1) is 31.6 Å². The fourth-order valence-electron chi connectivity index (χ4n) is 15.2. The van der Waals surface area contributed by atoms with Gasteiger partial charge >= 0.3 is 0 Å². The lowest BCUT2D eigenvalue weighted by molar-refractivity contribution is 1.07. The summed E-state index contributed by atoms with van der Waals surface area (Å²) in [6, 6.07) is 132. The van der Waals surface area contributed by atoms with Gasteiger partial charge in [-0.25, -0.2) is 49.8 Å². The predicted molar refractivity (Wildman–Crippen MR) is 483 cm³/mol. The van der Waals surface area contributed by atoms with Crippen molar-refractivity contribution in [2.24, 2.45) is 0 Å². The zero-order valence-electron chi connectivity index (χ0n) is 63.1. The second-order valence-corrected chi connectivity index (χ2v) is 30.8. The van der Waals surface area contributed by atoms with Crippen LogP contribution < -0.4 is 0 Å². The number of rotatable bonds is 14. The van der Waals surface area contributed by atoms with Crippen LogP contribution in [0.25, 0.3) is 220 Å². The number of benzene rings is 15. The van der Waals surface area contributed by atoms with Gasteiger partial charge in [0, 0.05) is 54.4 Å². The van der Waals surface area contributed by atoms with E-state index in [0.29, 0.717) is 34.9 Å². The molecule has 0 saturated heterocycles. The Labute approximate surface area is 686 Å². The maximum Gasteiger partial charge on any atom is 0.164 e. The summed E-state index contributed by atoms with van der Waals surface area (Å²) in [6.45, 7) is 0. The molecular formula is C104H64N12S2. The van der Waals surface area contributed by atoms with Crippen molar-refractivity contribution < 1.29 is 0 Å². The number of thiophene rings is 2. The average molecular weight is 1550 g/mol. The lowest BCUT2D eigenvalue weighted by Crippen LogP contribution is -2.00. The first kappa shape index (κ1) is 70.4. The molecule has 0 spiro atoms. The smallest absolute Gasteiger partial charge is 0.164 e. The van der Waals surface area contributed by atoms with Gasteiger partial charge in [-0.3, -0.25) is 0 Å². The molecule has 7 heterocycles. The number of hydrogen-bond acceptors (Lipinski definition) is 14. The Morgan fingerprint density at radius 3 is 0.975 bits per heavy atom. The number of nitrogens with zero attached hydrogens (tertiary/aromatic N) is 12. The van der Waals surface area contributed by atoms with Crippen LogP contribution in [0.5, 0.6) is 0 Å². The molecule has 12 nitrogen and oxygen atoms in total. The first-order valence-electron chi connectivity index (χ1n) is 38.9. The third-order valence-corrected chi connectivity index (χ3v) is 23.6. The molecule has 0 fully saturated rings. The molecule has 118 heavy (non-hydrogen) atoms. The number of para-hydroxylation sites is 2. The summed E-state index contributed by atoms with van der Waals surface area (Å²) in [5.41, 5.74) is 28.5. The Morgan fingerprint density at radius 1 is 0.178 bits per heavy atom. The van der Waals surface area contributed by atoms with Crippen LogP contribution in [-0.2, 0) is 0 Å². The standard InChI is InChI=1S/C53H33N5S.C51H31N7S/c1-3-11-34(12-4-1)35-25-27-39(28-26-35)52-54-51(38-13-5-2-6-14-38)55-53(56-52)44-18-10-16-41(32-44)37-23-21-36(22-24-37)40-15-9-17-42(31-40)43-29-30-48-46(33-43)49-50(59-48)45-19-7-8-20-47(45)57-58-49;1-3-11-32(12-4-1)33-25-27-37(28-26-33)49-56-48(36-13-5-2-6-14-36)57-50(58-49)41-18-10-16-39(30-41)35-23-21-34(22-24-35)38-15-9-17-40(29-38)44-47-45(53-31-52-44)46-51(59-47)55-43-20-8-7-19-42(43)54-46/h1-33H;1-31H. The van der Waals surface area contributed by atoms with Crippen molar-refractivity contribution in [1.82, 2.24) is 60.0 Å². The van der Waals surface area contributed by atoms with Crippen molar-refractivity contribution in [2.45, 2.75) is 0 Å². The first-order valence-corrected chi connectivity index (χ1v) is 40.5. The molecule has 0 N–H and O–H groups in total. The highest BCUT2D eigenvalue weighted by atomic mass is 32.1. The van der Waals surface area contributed by atoms with E-state index >= 15 is 0 Å². The lowest BCUT2D eigenvalue weighted by atomic mass is 9.96. The van der Waals surface area contributed by atoms with Crippen molar-refractivity contribution in [2.75, 3.05) is 0 Å². The van der Waals surface area contributed by atoms with E-state index in [4.69, 9.17) is 44.9 Å². The first-order chi connectivity index (χ1) is 58.4. The van der Waals surface area contributed by atoms with Crippen LogP contribution in [-0.4, -0.2) is 60.0 Å². The number of hydrogen-bond donors (Lipinski definition) is 0. The SMILES string of the molecule is c1ccc(-c2ccc(-c3nc(-c4ccccc4)nc(-c4cccc(-c5ccc(-c6cccc(-c7ccc8sc9c%10ccccc%10nnc9c8c7)c6)cc5)c4)n3)cc2)cc1.c1ccc(-c2ccc(-c3nc(-c4ccccc4)nc(-c4cccc(-c5ccc(-c6cccc(-c7ncnc8c7sc7nc9ccccc9nc78)c6)cc5)c4)n3)cc2)cc1. The molecule has 0 aliphatic carbocycles. The number of fused-ring (bicyclic) bond motifs is 9. The monoisotopic (exact) mass is 1540 g/mol. The third-order valence-electron chi connectivity index (χ3n) is 21.3. The van der Waals surface area contributed by atoms with Crippen LogP contribution in [0.1, 0.15) is 0 Å². The molecule has 0 atom stereocenters. The fraction of sp³-hybridized carbons (Fsp3) is 0. The number of aromatic nitrogens is 12. The molecule has 22 rings (SSSR count). The highest BCUT2D eigenvalue weighted by Crippen LogP contribution is 2.42. The maximum atomic E-state index is 5.04. The van der Waals surface area contributed by atoms with Gasteiger partial charge in [0.15, 0.2) is 34.9 Å². The normalized spacial score (nSPS) is 11.4. The molecule has 15 aromatic carbocycles. The molecule has 14 heteroatoms. The van der Waals surface area contributed by atoms with E-state index in [1.807, 2.05) is 109 Å². The average Bonchev–Trinajstić information content (AvgIpc) is 1.64. The highest BCUT2D eigenvalue weighted by molar-refractivity contribution is 7.26. The summed E-state index contributed by atoms with van der Waals surface area (Å²) >= 11 is 3.37. The van der Waals surface area contributed by atoms with Crippen molar-refractivity contribution in [3.8, 4) is 157 Å². The molecule has 0 aliphatic rings. The molecule has 7 aromatic heterocycles. The van der Waals surface area contributed by atoms with Crippen LogP contribution in [0.4, 0.5) is 0 Å². The summed E-state index contributed by atoms with van der Waals surface area (Å²) in [5, 5.41) is 11.5. The van der Waals surface area contributed by atoms with Crippen LogP contribution in [0.15, 0.2) is 389 Å². The van der Waals surface area contributed by atoms with Crippen LogP contribution >= 0.6 is 22.7 Å². The molecule has 0 amide bonds. The van der Waals surface area contributed by atoms with Gasteiger partial charge in [-0.2, -0.15) is 0 Å². The van der Waals surface area contributed by atoms with E-state index in [1.54, 1.807) is 29.0 Å². The largest absolute Gasteiger partial charge is 0.241 e. The Hall–Kier alpha value is -15.5. The van der Waals surface area contributed by atoms with E-state index in [2.05, 4.69) is 288 Å². The van der Waals surface area contributed by atoms with Crippen molar-refractivity contribution >= 4 is 85.5 Å². The minimum atomic E-state index is 0.619. The highest BCUT2D eigenvalue weighted by Gasteiger charge is 2.21. The molecule has 0 bridgehead atoms. The molecule has 0 saturated carbocycles. The minimum absolute atomic E-state index is 0.619. The predicted octanol–water partition coefficient (Wildman–Crippen LogP) is 26.5. The van der Waals surface area contributed by atoms with Crippen molar-refractivity contribution in [3.63, 3.8) is 0 Å². The summed E-state index contributed by atoms with van der Waals surface area (Å²) in [6.07, 6.45) is 1.62. The van der Waals surface area contributed by atoms with Crippen LogP contribution in [0.3, 0.4) is 0 Å². The minimum Gasteiger partial charge on any atom is -0.241 e. The molecular weight excluding hydrogens is 1480 g/mol. The zero-order valence-corrected chi connectivity index (χ0v) is 64.8. The molecule has 0 aliphatic heterocycles. The van der Waals surface area contributed by atoms with Gasteiger partial charge < -0.3 is 0 Å². The van der Waals surface area contributed by atoms with Crippen molar-refractivity contribution in [3.05, 3.63) is 389 Å². The third kappa shape index (κ3) is 14.0. The Kier molecular flexibility index (Phi) is 18.4. The van der Waals surface area contributed by atoms with Gasteiger partial charge in [-0.05, 0) is 132 Å². The maximum absolute atomic E-state index is 5.04. The second-order valence-electron chi connectivity index (χ2n) is 28.8. The summed E-state index contributed by atoms with van der Waals surface area (Å²) in [4.78, 5) is 50.0. The Balaban J connectivity index is 0.000000147. The summed E-state index contributed by atoms with van der Waals surface area (Å²) in [7, 11) is 0. The van der Waals surface area contributed by atoms with Gasteiger partial charge in [-0.1, -0.05) is 328 Å². The Bertz CT molecular complexity index is 7520. The van der Waals surface area contributed by atoms with E-state index < -0.39 is 0 Å². The van der Waals surface area contributed by atoms with E-state index in [9.17, 15) is 0 Å². The fourth-order valence-corrected chi connectivity index (χ4v) is 17.5. The van der Waals surface area contributed by atoms with Crippen molar-refractivity contribution in [1.29, 1.82) is 0 Å². The lowest BCUT2D eigenvalue weighted by Gasteiger charge is -2.11. The summed E-state index contributed by atoms with van der Waals surface area (Å²) in [5.74, 6) is 3.78. The Morgan fingerprint density at radius 2 is 0.500 bits per heavy atom. The zero-order chi connectivity index (χ0) is 78.2.